The molecule has 33 heavy (non-hydrogen) atoms. The van der Waals surface area contributed by atoms with Crippen LogP contribution in [-0.2, 0) is 10.5 Å². The Morgan fingerprint density at radius 3 is 2.55 bits per heavy atom. The number of oxazole rings is 1. The fourth-order valence-electron chi connectivity index (χ4n) is 3.56. The van der Waals surface area contributed by atoms with Crippen molar-refractivity contribution in [3.05, 3.63) is 60.0 Å². The van der Waals surface area contributed by atoms with Crippen LogP contribution in [0.2, 0.25) is 0 Å². The van der Waals surface area contributed by atoms with Gasteiger partial charge in [0, 0.05) is 36.5 Å². The first-order valence-corrected chi connectivity index (χ1v) is 12.3. The molecule has 7 heteroatoms. The lowest BCUT2D eigenvalue weighted by atomic mass is 10.2. The van der Waals surface area contributed by atoms with Gasteiger partial charge < -0.3 is 18.8 Å². The third-order valence-corrected chi connectivity index (χ3v) is 6.42. The molecule has 0 unspecified atom stereocenters. The Bertz CT molecular complexity index is 1040. The van der Waals surface area contributed by atoms with Crippen LogP contribution in [0.15, 0.2) is 52.9 Å². The van der Waals surface area contributed by atoms with E-state index >= 15 is 0 Å². The lowest BCUT2D eigenvalue weighted by Gasteiger charge is -2.22. The number of anilines is 1. The number of carbonyl (C=O) groups excluding carboxylic acids is 1. The summed E-state index contributed by atoms with van der Waals surface area (Å²) < 4.78 is 16.5. The van der Waals surface area contributed by atoms with Crippen molar-refractivity contribution in [3.63, 3.8) is 0 Å². The number of hydrogen-bond donors (Lipinski definition) is 0. The predicted molar refractivity (Wildman–Crippen MR) is 135 cm³/mol. The average Bonchev–Trinajstić information content (AvgIpc) is 3.22. The maximum atomic E-state index is 12.4. The van der Waals surface area contributed by atoms with Gasteiger partial charge in [0.25, 0.3) is 0 Å². The molecular formula is C26H32N2O4S. The summed E-state index contributed by atoms with van der Waals surface area (Å²) in [6.07, 6.45) is 1.44. The van der Waals surface area contributed by atoms with Gasteiger partial charge in [0.1, 0.15) is 11.5 Å². The Labute approximate surface area is 200 Å². The lowest BCUT2D eigenvalue weighted by Crippen LogP contribution is -2.24. The van der Waals surface area contributed by atoms with Gasteiger partial charge in [0.2, 0.25) is 5.89 Å². The fraction of sp³-hybridized carbons (Fsp3) is 0.385. The number of ketones is 1. The Morgan fingerprint density at radius 1 is 1.09 bits per heavy atom. The van der Waals surface area contributed by atoms with E-state index in [2.05, 4.69) is 28.9 Å². The minimum atomic E-state index is 0.269. The number of rotatable bonds is 13. The molecule has 0 saturated carbocycles. The van der Waals surface area contributed by atoms with E-state index in [-0.39, 0.29) is 5.78 Å². The summed E-state index contributed by atoms with van der Waals surface area (Å²) in [5.41, 5.74) is 2.88. The third-order valence-electron chi connectivity index (χ3n) is 5.41. The maximum absolute atomic E-state index is 12.4. The summed E-state index contributed by atoms with van der Waals surface area (Å²) in [6.45, 7) is 5.86. The van der Waals surface area contributed by atoms with Gasteiger partial charge >= 0.3 is 0 Å². The van der Waals surface area contributed by atoms with Crippen molar-refractivity contribution in [2.24, 2.45) is 0 Å². The monoisotopic (exact) mass is 468 g/mol. The molecule has 6 nitrogen and oxygen atoms in total. The lowest BCUT2D eigenvalue weighted by molar-refractivity contribution is -0.116. The first kappa shape index (κ1) is 24.7. The number of thioether (sulfide) groups is 1. The van der Waals surface area contributed by atoms with Crippen molar-refractivity contribution in [2.45, 2.75) is 32.4 Å². The van der Waals surface area contributed by atoms with E-state index in [1.807, 2.05) is 43.3 Å². The maximum Gasteiger partial charge on any atom is 0.226 e. The molecule has 0 atom stereocenters. The standard InChI is InChI=1S/C26H32N2O4S/c1-5-28(21-10-7-6-8-11-21)15-9-12-22(29)17-33-18-23-19(2)32-26(27-23)20-13-14-24(30-3)25(16-20)31-4/h6-8,10-11,13-14,16H,5,9,12,15,17-18H2,1-4H3. The zero-order valence-corrected chi connectivity index (χ0v) is 20.6. The van der Waals surface area contributed by atoms with Gasteiger partial charge in [-0.1, -0.05) is 18.2 Å². The number of Topliss-reactive ketones (excluding diaryl/α,β-unsaturated/α-hetero) is 1. The molecule has 0 aliphatic heterocycles. The van der Waals surface area contributed by atoms with Gasteiger partial charge in [0.05, 0.1) is 25.7 Å². The number of nitrogens with zero attached hydrogens (tertiary/aromatic N) is 2. The summed E-state index contributed by atoms with van der Waals surface area (Å²) in [4.78, 5) is 19.3. The van der Waals surface area contributed by atoms with Crippen molar-refractivity contribution >= 4 is 23.2 Å². The van der Waals surface area contributed by atoms with Crippen LogP contribution in [-0.4, -0.2) is 43.8 Å². The second-order valence-corrected chi connectivity index (χ2v) is 8.63. The van der Waals surface area contributed by atoms with Gasteiger partial charge in [-0.2, -0.15) is 0 Å². The highest BCUT2D eigenvalue weighted by atomic mass is 32.2. The number of para-hydroxylation sites is 1. The van der Waals surface area contributed by atoms with Crippen LogP contribution in [0, 0.1) is 6.92 Å². The van der Waals surface area contributed by atoms with Gasteiger partial charge in [-0.3, -0.25) is 4.79 Å². The highest BCUT2D eigenvalue weighted by molar-refractivity contribution is 7.99. The third kappa shape index (κ3) is 6.78. The molecule has 0 saturated heterocycles. The van der Waals surface area contributed by atoms with Crippen LogP contribution >= 0.6 is 11.8 Å². The normalized spacial score (nSPS) is 10.8. The van der Waals surface area contributed by atoms with E-state index in [9.17, 15) is 4.79 Å². The topological polar surface area (TPSA) is 64.8 Å². The van der Waals surface area contributed by atoms with Crippen LogP contribution in [0.25, 0.3) is 11.5 Å². The highest BCUT2D eigenvalue weighted by Crippen LogP contribution is 2.33. The molecule has 0 aliphatic carbocycles. The van der Waals surface area contributed by atoms with Crippen molar-refractivity contribution in [1.29, 1.82) is 0 Å². The molecule has 0 radical (unpaired) electrons. The van der Waals surface area contributed by atoms with Gasteiger partial charge in [0.15, 0.2) is 11.5 Å². The number of benzene rings is 2. The number of aromatic nitrogens is 1. The van der Waals surface area contributed by atoms with E-state index in [1.54, 1.807) is 26.0 Å². The van der Waals surface area contributed by atoms with Gasteiger partial charge in [-0.05, 0) is 50.6 Å². The zero-order valence-electron chi connectivity index (χ0n) is 19.8. The summed E-state index contributed by atoms with van der Waals surface area (Å²) >= 11 is 1.58. The first-order chi connectivity index (χ1) is 16.0. The van der Waals surface area contributed by atoms with E-state index in [0.717, 1.165) is 36.5 Å². The molecule has 0 N–H and O–H groups in total. The van der Waals surface area contributed by atoms with Crippen LogP contribution in [0.4, 0.5) is 5.69 Å². The number of ether oxygens (including phenoxy) is 2. The predicted octanol–water partition coefficient (Wildman–Crippen LogP) is 5.78. The van der Waals surface area contributed by atoms with E-state index in [0.29, 0.717) is 35.3 Å². The number of carbonyl (C=O) groups is 1. The smallest absolute Gasteiger partial charge is 0.226 e. The molecule has 3 rings (SSSR count). The molecule has 0 aliphatic rings. The molecule has 0 spiro atoms. The van der Waals surface area contributed by atoms with Crippen LogP contribution < -0.4 is 14.4 Å². The summed E-state index contributed by atoms with van der Waals surface area (Å²) in [5.74, 6) is 3.97. The van der Waals surface area contributed by atoms with Gasteiger partial charge in [-0.25, -0.2) is 4.98 Å². The zero-order chi connectivity index (χ0) is 23.6. The van der Waals surface area contributed by atoms with Crippen LogP contribution in [0.3, 0.4) is 0 Å². The van der Waals surface area contributed by atoms with E-state index < -0.39 is 0 Å². The quantitative estimate of drug-likeness (QED) is 0.315. The fourth-order valence-corrected chi connectivity index (χ4v) is 4.50. The summed E-state index contributed by atoms with van der Waals surface area (Å²) in [7, 11) is 3.20. The molecular weight excluding hydrogens is 436 g/mol. The SMILES string of the molecule is CCN(CCCC(=O)CSCc1nc(-c2ccc(OC)c(OC)c2)oc1C)c1ccccc1. The molecule has 176 valence electrons. The molecule has 0 bridgehead atoms. The molecule has 0 fully saturated rings. The molecule has 0 amide bonds. The first-order valence-electron chi connectivity index (χ1n) is 11.1. The second kappa shape index (κ2) is 12.3. The molecule has 1 aromatic heterocycles. The van der Waals surface area contributed by atoms with Crippen molar-refractivity contribution < 1.29 is 18.7 Å². The molecule has 1 heterocycles. The Morgan fingerprint density at radius 2 is 1.85 bits per heavy atom. The largest absolute Gasteiger partial charge is 0.493 e. The average molecular weight is 469 g/mol. The Kier molecular flexibility index (Phi) is 9.24. The summed E-state index contributed by atoms with van der Waals surface area (Å²) in [5, 5.41) is 0. The number of aryl methyl sites for hydroxylation is 1. The minimum absolute atomic E-state index is 0.269. The number of methoxy groups -OCH3 is 2. The Hall–Kier alpha value is -2.93. The number of hydrogen-bond acceptors (Lipinski definition) is 7. The van der Waals surface area contributed by atoms with Gasteiger partial charge in [-0.15, -0.1) is 11.8 Å². The minimum Gasteiger partial charge on any atom is -0.493 e. The second-order valence-electron chi connectivity index (χ2n) is 7.64. The van der Waals surface area contributed by atoms with Crippen molar-refractivity contribution in [1.82, 2.24) is 4.98 Å². The highest BCUT2D eigenvalue weighted by Gasteiger charge is 2.15. The summed E-state index contributed by atoms with van der Waals surface area (Å²) in [6, 6.07) is 15.9. The van der Waals surface area contributed by atoms with E-state index in [1.165, 1.54) is 5.69 Å². The van der Waals surface area contributed by atoms with Crippen LogP contribution in [0.1, 0.15) is 31.2 Å². The van der Waals surface area contributed by atoms with E-state index in [4.69, 9.17) is 13.9 Å². The van der Waals surface area contributed by atoms with Crippen molar-refractivity contribution in [2.75, 3.05) is 38.0 Å². The molecule has 2 aromatic carbocycles. The van der Waals surface area contributed by atoms with Crippen molar-refractivity contribution in [3.8, 4) is 23.0 Å². The molecule has 3 aromatic rings. The Balaban J connectivity index is 1.47. The van der Waals surface area contributed by atoms with Crippen LogP contribution in [0.5, 0.6) is 11.5 Å².